The van der Waals surface area contributed by atoms with E-state index in [0.717, 1.165) is 36.3 Å². The van der Waals surface area contributed by atoms with Gasteiger partial charge in [0.2, 0.25) is 5.88 Å². The molecular weight excluding hydrogens is 232 g/mol. The molecule has 18 heavy (non-hydrogen) atoms. The summed E-state index contributed by atoms with van der Waals surface area (Å²) in [6.45, 7) is 2.44. The molecule has 0 spiro atoms. The van der Waals surface area contributed by atoms with Gasteiger partial charge < -0.3 is 19.8 Å². The lowest BCUT2D eigenvalue weighted by Gasteiger charge is -2.13. The molecule has 1 aliphatic heterocycles. The van der Waals surface area contributed by atoms with E-state index in [2.05, 4.69) is 20.3 Å². The number of methoxy groups -OCH3 is 1. The number of H-pyrrole nitrogens is 1. The van der Waals surface area contributed by atoms with Crippen LogP contribution in [0.25, 0.3) is 11.2 Å². The lowest BCUT2D eigenvalue weighted by Crippen LogP contribution is -2.23. The van der Waals surface area contributed by atoms with E-state index >= 15 is 0 Å². The smallest absolute Gasteiger partial charge is 0.234 e. The van der Waals surface area contributed by atoms with Gasteiger partial charge in [-0.3, -0.25) is 0 Å². The first-order valence-corrected chi connectivity index (χ1v) is 6.07. The van der Waals surface area contributed by atoms with Gasteiger partial charge in [-0.1, -0.05) is 0 Å². The van der Waals surface area contributed by atoms with Crippen LogP contribution in [0.2, 0.25) is 0 Å². The Morgan fingerprint density at radius 2 is 2.44 bits per heavy atom. The summed E-state index contributed by atoms with van der Waals surface area (Å²) in [6.07, 6.45) is 4.62. The summed E-state index contributed by atoms with van der Waals surface area (Å²) in [5.74, 6) is 0.515. The van der Waals surface area contributed by atoms with Gasteiger partial charge in [0.1, 0.15) is 5.52 Å². The van der Waals surface area contributed by atoms with Gasteiger partial charge in [-0.15, -0.1) is 0 Å². The fraction of sp³-hybridized carbons (Fsp3) is 0.500. The number of nitrogens with zero attached hydrogens (tertiary/aromatic N) is 2. The Morgan fingerprint density at radius 1 is 1.50 bits per heavy atom. The third-order valence-electron chi connectivity index (χ3n) is 3.11. The van der Waals surface area contributed by atoms with Gasteiger partial charge >= 0.3 is 0 Å². The van der Waals surface area contributed by atoms with Gasteiger partial charge in [0.25, 0.3) is 0 Å². The quantitative estimate of drug-likeness (QED) is 0.830. The monoisotopic (exact) mass is 248 g/mol. The molecule has 2 N–H and O–H groups in total. The van der Waals surface area contributed by atoms with Crippen molar-refractivity contribution in [3.8, 4) is 5.88 Å². The van der Waals surface area contributed by atoms with Crippen LogP contribution in [-0.4, -0.2) is 41.8 Å². The zero-order valence-corrected chi connectivity index (χ0v) is 10.3. The number of hydrogen-bond acceptors (Lipinski definition) is 5. The second-order valence-electron chi connectivity index (χ2n) is 4.29. The molecule has 1 atom stereocenters. The van der Waals surface area contributed by atoms with Crippen molar-refractivity contribution in [3.63, 3.8) is 0 Å². The van der Waals surface area contributed by atoms with Crippen molar-refractivity contribution in [2.75, 3.05) is 26.9 Å². The summed E-state index contributed by atoms with van der Waals surface area (Å²) in [5, 5.41) is 3.46. The van der Waals surface area contributed by atoms with Crippen LogP contribution in [0.5, 0.6) is 5.88 Å². The summed E-state index contributed by atoms with van der Waals surface area (Å²) in [7, 11) is 1.58. The van der Waals surface area contributed by atoms with Crippen molar-refractivity contribution in [1.82, 2.24) is 20.3 Å². The average Bonchev–Trinajstić information content (AvgIpc) is 2.64. The maximum atomic E-state index is 5.58. The van der Waals surface area contributed by atoms with E-state index in [4.69, 9.17) is 9.47 Å². The second-order valence-corrected chi connectivity index (χ2v) is 4.29. The number of nitrogens with one attached hydrogen (secondary N) is 2. The number of aromatic nitrogens is 3. The molecule has 0 radical (unpaired) electrons. The Labute approximate surface area is 105 Å². The molecule has 3 rings (SSSR count). The van der Waals surface area contributed by atoms with Crippen LogP contribution in [0.15, 0.2) is 12.4 Å². The van der Waals surface area contributed by atoms with Crippen LogP contribution in [0, 0.1) is 0 Å². The van der Waals surface area contributed by atoms with Gasteiger partial charge in [-0.2, -0.15) is 4.98 Å². The van der Waals surface area contributed by atoms with E-state index in [1.165, 1.54) is 0 Å². The fourth-order valence-electron chi connectivity index (χ4n) is 2.17. The SMILES string of the molecule is COc1cnc2c(C3COCCCN3)c[nH]c2n1. The largest absolute Gasteiger partial charge is 0.480 e. The van der Waals surface area contributed by atoms with Crippen molar-refractivity contribution in [1.29, 1.82) is 0 Å². The van der Waals surface area contributed by atoms with Gasteiger partial charge in [0.05, 0.1) is 26.0 Å². The summed E-state index contributed by atoms with van der Waals surface area (Å²) in [5.41, 5.74) is 2.72. The minimum absolute atomic E-state index is 0.170. The predicted molar refractivity (Wildman–Crippen MR) is 66.6 cm³/mol. The highest BCUT2D eigenvalue weighted by Gasteiger charge is 2.19. The highest BCUT2D eigenvalue weighted by atomic mass is 16.5. The number of ether oxygens (including phenoxy) is 2. The maximum absolute atomic E-state index is 5.58. The van der Waals surface area contributed by atoms with E-state index in [0.29, 0.717) is 12.5 Å². The highest BCUT2D eigenvalue weighted by molar-refractivity contribution is 5.75. The van der Waals surface area contributed by atoms with E-state index in [1.54, 1.807) is 13.3 Å². The van der Waals surface area contributed by atoms with Crippen molar-refractivity contribution in [3.05, 3.63) is 18.0 Å². The van der Waals surface area contributed by atoms with Crippen LogP contribution >= 0.6 is 0 Å². The minimum atomic E-state index is 0.170. The average molecular weight is 248 g/mol. The molecule has 1 fully saturated rings. The third-order valence-corrected chi connectivity index (χ3v) is 3.11. The van der Waals surface area contributed by atoms with Gasteiger partial charge in [-0.05, 0) is 13.0 Å². The fourth-order valence-corrected chi connectivity index (χ4v) is 2.17. The minimum Gasteiger partial charge on any atom is -0.480 e. The van der Waals surface area contributed by atoms with Crippen molar-refractivity contribution >= 4 is 11.2 Å². The van der Waals surface area contributed by atoms with Crippen LogP contribution in [0.3, 0.4) is 0 Å². The molecule has 0 amide bonds. The van der Waals surface area contributed by atoms with Crippen LogP contribution < -0.4 is 10.1 Å². The number of rotatable bonds is 2. The van der Waals surface area contributed by atoms with E-state index in [9.17, 15) is 0 Å². The van der Waals surface area contributed by atoms with Gasteiger partial charge in [-0.25, -0.2) is 4.98 Å². The van der Waals surface area contributed by atoms with Crippen LogP contribution in [0.1, 0.15) is 18.0 Å². The normalized spacial score (nSPS) is 20.8. The van der Waals surface area contributed by atoms with Crippen LogP contribution in [0.4, 0.5) is 0 Å². The Bertz CT molecular complexity index is 532. The first-order valence-electron chi connectivity index (χ1n) is 6.07. The number of hydrogen-bond donors (Lipinski definition) is 2. The molecule has 1 aliphatic rings. The Kier molecular flexibility index (Phi) is 3.12. The summed E-state index contributed by atoms with van der Waals surface area (Å²) >= 11 is 0. The second kappa shape index (κ2) is 4.91. The molecule has 1 unspecified atom stereocenters. The Morgan fingerprint density at radius 3 is 3.33 bits per heavy atom. The molecular formula is C12H16N4O2. The van der Waals surface area contributed by atoms with E-state index < -0.39 is 0 Å². The topological polar surface area (TPSA) is 72.1 Å². The summed E-state index contributed by atoms with van der Waals surface area (Å²) in [6, 6.07) is 0.170. The first kappa shape index (κ1) is 11.4. The molecule has 0 aromatic carbocycles. The Hall–Kier alpha value is -1.66. The molecule has 2 aromatic rings. The first-order chi connectivity index (χ1) is 8.88. The van der Waals surface area contributed by atoms with Crippen molar-refractivity contribution < 1.29 is 9.47 Å². The van der Waals surface area contributed by atoms with Crippen LogP contribution in [-0.2, 0) is 4.74 Å². The lowest BCUT2D eigenvalue weighted by atomic mass is 10.1. The van der Waals surface area contributed by atoms with Crippen molar-refractivity contribution in [2.24, 2.45) is 0 Å². The molecule has 3 heterocycles. The predicted octanol–water partition coefficient (Wildman–Crippen LogP) is 1.02. The highest BCUT2D eigenvalue weighted by Crippen LogP contribution is 2.23. The molecule has 6 heteroatoms. The molecule has 2 aromatic heterocycles. The lowest BCUT2D eigenvalue weighted by molar-refractivity contribution is 0.132. The van der Waals surface area contributed by atoms with Gasteiger partial charge in [0, 0.05) is 18.4 Å². The molecule has 0 saturated carbocycles. The zero-order chi connectivity index (χ0) is 12.4. The number of fused-ring (bicyclic) bond motifs is 1. The molecule has 1 saturated heterocycles. The summed E-state index contributed by atoms with van der Waals surface area (Å²) < 4.78 is 10.6. The zero-order valence-electron chi connectivity index (χ0n) is 10.3. The van der Waals surface area contributed by atoms with E-state index in [1.807, 2.05) is 6.20 Å². The molecule has 0 aliphatic carbocycles. The molecule has 0 bridgehead atoms. The molecule has 6 nitrogen and oxygen atoms in total. The van der Waals surface area contributed by atoms with Gasteiger partial charge in [0.15, 0.2) is 5.65 Å². The van der Waals surface area contributed by atoms with E-state index in [-0.39, 0.29) is 6.04 Å². The third kappa shape index (κ3) is 2.04. The molecule has 96 valence electrons. The summed E-state index contributed by atoms with van der Waals surface area (Å²) in [4.78, 5) is 11.9. The van der Waals surface area contributed by atoms with Crippen molar-refractivity contribution in [2.45, 2.75) is 12.5 Å². The number of aromatic amines is 1. The maximum Gasteiger partial charge on any atom is 0.234 e. The standard InChI is InChI=1S/C12H16N4O2/c1-17-10-6-14-11-8(5-15-12(11)16-10)9-7-18-4-2-3-13-9/h5-6,9,13H,2-4,7H2,1H3,(H,15,16). The Balaban J connectivity index is 1.96.